The van der Waals surface area contributed by atoms with Crippen LogP contribution in [-0.4, -0.2) is 43.2 Å². The first-order chi connectivity index (χ1) is 7.97. The van der Waals surface area contributed by atoms with Crippen LogP contribution in [0.2, 0.25) is 0 Å². The van der Waals surface area contributed by atoms with Gasteiger partial charge >= 0.3 is 5.97 Å². The van der Waals surface area contributed by atoms with Crippen LogP contribution in [0.4, 0.5) is 0 Å². The molecule has 1 saturated heterocycles. The number of hydrogen-bond acceptors (Lipinski definition) is 4. The molecule has 1 fully saturated rings. The molecule has 1 rings (SSSR count). The van der Waals surface area contributed by atoms with Crippen LogP contribution in [0, 0.1) is 0 Å². The number of hydrogen-bond donors (Lipinski definition) is 1. The van der Waals surface area contributed by atoms with Gasteiger partial charge in [-0.1, -0.05) is 19.8 Å². The molecule has 100 valence electrons. The van der Waals surface area contributed by atoms with Crippen LogP contribution in [0.5, 0.6) is 0 Å². The summed E-state index contributed by atoms with van der Waals surface area (Å²) in [6, 6.07) is 0. The largest absolute Gasteiger partial charge is 0.480 e. The first-order valence-electron chi connectivity index (χ1n) is 6.03. The average molecular weight is 264 g/mol. The van der Waals surface area contributed by atoms with Gasteiger partial charge in [-0.2, -0.15) is 0 Å². The fraction of sp³-hybridized carbons (Fsp3) is 0.909. The first-order valence-corrected chi connectivity index (χ1v) is 7.75. The van der Waals surface area contributed by atoms with Gasteiger partial charge in [0.15, 0.2) is 15.1 Å². The molecule has 1 heterocycles. The molecule has 0 aromatic carbocycles. The van der Waals surface area contributed by atoms with Gasteiger partial charge < -0.3 is 9.84 Å². The predicted molar refractivity (Wildman–Crippen MR) is 63.7 cm³/mol. The second kappa shape index (κ2) is 6.35. The minimum Gasteiger partial charge on any atom is -0.480 e. The quantitative estimate of drug-likeness (QED) is 0.748. The van der Waals surface area contributed by atoms with Crippen LogP contribution in [-0.2, 0) is 19.4 Å². The van der Waals surface area contributed by atoms with Crippen molar-refractivity contribution in [2.75, 3.05) is 12.4 Å². The topological polar surface area (TPSA) is 80.7 Å². The number of carboxylic acid groups (broad SMARTS) is 1. The lowest BCUT2D eigenvalue weighted by Crippen LogP contribution is -2.35. The van der Waals surface area contributed by atoms with E-state index < -0.39 is 21.1 Å². The maximum Gasteiger partial charge on any atom is 0.321 e. The lowest BCUT2D eigenvalue weighted by molar-refractivity contribution is -0.136. The van der Waals surface area contributed by atoms with Gasteiger partial charge in [0.1, 0.15) is 0 Å². The summed E-state index contributed by atoms with van der Waals surface area (Å²) in [5, 5.41) is 7.72. The van der Waals surface area contributed by atoms with Gasteiger partial charge in [0.25, 0.3) is 0 Å². The Labute approximate surface area is 102 Å². The molecule has 0 amide bonds. The molecular weight excluding hydrogens is 244 g/mol. The van der Waals surface area contributed by atoms with Gasteiger partial charge in [-0.15, -0.1) is 0 Å². The van der Waals surface area contributed by atoms with Crippen molar-refractivity contribution in [1.29, 1.82) is 0 Å². The first kappa shape index (κ1) is 14.4. The zero-order chi connectivity index (χ0) is 12.9. The second-order valence-corrected chi connectivity index (χ2v) is 6.66. The fourth-order valence-electron chi connectivity index (χ4n) is 2.00. The summed E-state index contributed by atoms with van der Waals surface area (Å²) in [7, 11) is -3.60. The van der Waals surface area contributed by atoms with Crippen LogP contribution in [0.3, 0.4) is 0 Å². The minimum atomic E-state index is -3.60. The molecule has 0 saturated carbocycles. The summed E-state index contributed by atoms with van der Waals surface area (Å²) in [6.07, 6.45) is 2.84. The fourth-order valence-corrected chi connectivity index (χ4v) is 3.84. The van der Waals surface area contributed by atoms with Gasteiger partial charge in [0.2, 0.25) is 0 Å². The summed E-state index contributed by atoms with van der Waals surface area (Å²) in [5.41, 5.74) is 0. The zero-order valence-electron chi connectivity index (χ0n) is 10.1. The molecule has 0 aliphatic carbocycles. The van der Waals surface area contributed by atoms with Gasteiger partial charge in [0, 0.05) is 6.61 Å². The Morgan fingerprint density at radius 3 is 2.71 bits per heavy atom. The van der Waals surface area contributed by atoms with Crippen molar-refractivity contribution in [1.82, 2.24) is 0 Å². The monoisotopic (exact) mass is 264 g/mol. The Morgan fingerprint density at radius 1 is 1.53 bits per heavy atom. The normalized spacial score (nSPS) is 22.5. The number of rotatable bonds is 7. The molecule has 2 atom stereocenters. The molecule has 0 bridgehead atoms. The molecule has 1 aliphatic heterocycles. The average Bonchev–Trinajstić information content (AvgIpc) is 2.69. The van der Waals surface area contributed by atoms with Crippen LogP contribution in [0.15, 0.2) is 0 Å². The van der Waals surface area contributed by atoms with E-state index in [1.165, 1.54) is 0 Å². The Hall–Kier alpha value is -0.620. The highest BCUT2D eigenvalue weighted by atomic mass is 32.2. The van der Waals surface area contributed by atoms with E-state index in [1.54, 1.807) is 0 Å². The molecule has 1 aliphatic rings. The zero-order valence-corrected chi connectivity index (χ0v) is 10.9. The van der Waals surface area contributed by atoms with Gasteiger partial charge in [-0.05, 0) is 19.3 Å². The van der Waals surface area contributed by atoms with E-state index >= 15 is 0 Å². The van der Waals surface area contributed by atoms with Gasteiger partial charge in [-0.3, -0.25) is 4.79 Å². The highest BCUT2D eigenvalue weighted by Crippen LogP contribution is 2.19. The van der Waals surface area contributed by atoms with Crippen molar-refractivity contribution in [3.8, 4) is 0 Å². The molecule has 0 aromatic heterocycles. The standard InChI is InChI=1S/C11H20O5S/c1-2-3-6-10(11(12)13)17(14,15)8-9-5-4-7-16-9/h9-10H,2-8H2,1H3,(H,12,13). The lowest BCUT2D eigenvalue weighted by atomic mass is 10.2. The maximum atomic E-state index is 12.0. The van der Waals surface area contributed by atoms with Crippen LogP contribution in [0.25, 0.3) is 0 Å². The molecule has 17 heavy (non-hydrogen) atoms. The summed E-state index contributed by atoms with van der Waals surface area (Å²) in [6.45, 7) is 2.48. The maximum absolute atomic E-state index is 12.0. The number of ether oxygens (including phenoxy) is 1. The summed E-state index contributed by atoms with van der Waals surface area (Å²) >= 11 is 0. The predicted octanol–water partition coefficient (Wildman–Crippen LogP) is 1.22. The van der Waals surface area contributed by atoms with Crippen molar-refractivity contribution in [3.05, 3.63) is 0 Å². The smallest absolute Gasteiger partial charge is 0.321 e. The lowest BCUT2D eigenvalue weighted by Gasteiger charge is -2.16. The van der Waals surface area contributed by atoms with Crippen molar-refractivity contribution >= 4 is 15.8 Å². The second-order valence-electron chi connectivity index (χ2n) is 4.43. The van der Waals surface area contributed by atoms with E-state index in [0.29, 0.717) is 19.4 Å². The molecular formula is C11H20O5S. The number of aliphatic carboxylic acids is 1. The Bertz CT molecular complexity index is 343. The highest BCUT2D eigenvalue weighted by Gasteiger charge is 2.34. The van der Waals surface area contributed by atoms with Crippen molar-refractivity contribution < 1.29 is 23.1 Å². The van der Waals surface area contributed by atoms with Crippen LogP contribution >= 0.6 is 0 Å². The Kier molecular flexibility index (Phi) is 5.39. The number of sulfone groups is 1. The van der Waals surface area contributed by atoms with E-state index in [-0.39, 0.29) is 18.3 Å². The minimum absolute atomic E-state index is 0.159. The molecule has 0 spiro atoms. The summed E-state index contributed by atoms with van der Waals surface area (Å²) in [4.78, 5) is 11.0. The van der Waals surface area contributed by atoms with Crippen LogP contribution < -0.4 is 0 Å². The Balaban J connectivity index is 2.65. The third-order valence-electron chi connectivity index (χ3n) is 2.97. The van der Waals surface area contributed by atoms with E-state index in [1.807, 2.05) is 6.92 Å². The summed E-state index contributed by atoms with van der Waals surface area (Å²) < 4.78 is 29.2. The van der Waals surface area contributed by atoms with Gasteiger partial charge in [0.05, 0.1) is 11.9 Å². The molecule has 0 aromatic rings. The van der Waals surface area contributed by atoms with Gasteiger partial charge in [-0.25, -0.2) is 8.42 Å². The summed E-state index contributed by atoms with van der Waals surface area (Å²) in [5.74, 6) is -1.40. The number of unbranched alkanes of at least 4 members (excludes halogenated alkanes) is 1. The van der Waals surface area contributed by atoms with E-state index in [9.17, 15) is 13.2 Å². The third kappa shape index (κ3) is 4.27. The number of carboxylic acids is 1. The number of carbonyl (C=O) groups is 1. The molecule has 1 N–H and O–H groups in total. The molecule has 2 unspecified atom stereocenters. The highest BCUT2D eigenvalue weighted by molar-refractivity contribution is 7.92. The third-order valence-corrected chi connectivity index (χ3v) is 5.11. The SMILES string of the molecule is CCCCC(C(=O)O)S(=O)(=O)CC1CCCO1. The van der Waals surface area contributed by atoms with E-state index in [4.69, 9.17) is 9.84 Å². The Morgan fingerprint density at radius 2 is 2.24 bits per heavy atom. The van der Waals surface area contributed by atoms with E-state index in [2.05, 4.69) is 0 Å². The molecule has 5 nitrogen and oxygen atoms in total. The molecule has 6 heteroatoms. The van der Waals surface area contributed by atoms with Crippen molar-refractivity contribution in [3.63, 3.8) is 0 Å². The van der Waals surface area contributed by atoms with Crippen LogP contribution in [0.1, 0.15) is 39.0 Å². The molecule has 0 radical (unpaired) electrons. The van der Waals surface area contributed by atoms with E-state index in [0.717, 1.165) is 12.8 Å². The van der Waals surface area contributed by atoms with Crippen molar-refractivity contribution in [2.24, 2.45) is 0 Å². The van der Waals surface area contributed by atoms with Crippen molar-refractivity contribution in [2.45, 2.75) is 50.4 Å².